The summed E-state index contributed by atoms with van der Waals surface area (Å²) in [6.07, 6.45) is 8.95. The standard InChI is InChI=1S/C11H14N4O2S/c1-9(6-14-4-2-12-8-14)15-5-3-13-11(15)18-7-10(16)17/h2-5,8-9H,6-7H2,1H3,(H,16,17). The highest BCUT2D eigenvalue weighted by atomic mass is 32.2. The number of carboxylic acid groups (broad SMARTS) is 1. The van der Waals surface area contributed by atoms with Crippen LogP contribution in [0, 0.1) is 0 Å². The van der Waals surface area contributed by atoms with Crippen LogP contribution >= 0.6 is 11.8 Å². The van der Waals surface area contributed by atoms with Crippen molar-refractivity contribution in [2.24, 2.45) is 0 Å². The maximum Gasteiger partial charge on any atom is 0.313 e. The fourth-order valence-corrected chi connectivity index (χ4v) is 2.44. The third-order valence-corrected chi connectivity index (χ3v) is 3.43. The molecule has 2 aromatic heterocycles. The number of thioether (sulfide) groups is 1. The van der Waals surface area contributed by atoms with Crippen LogP contribution in [0.4, 0.5) is 0 Å². The van der Waals surface area contributed by atoms with Gasteiger partial charge in [0.05, 0.1) is 18.1 Å². The maximum atomic E-state index is 10.6. The largest absolute Gasteiger partial charge is 0.481 e. The van der Waals surface area contributed by atoms with E-state index in [1.54, 1.807) is 18.7 Å². The molecule has 1 atom stereocenters. The molecule has 7 heteroatoms. The Morgan fingerprint density at radius 3 is 3.00 bits per heavy atom. The Bertz CT molecular complexity index is 509. The number of hydrogen-bond acceptors (Lipinski definition) is 4. The molecule has 2 rings (SSSR count). The van der Waals surface area contributed by atoms with Crippen molar-refractivity contribution in [3.63, 3.8) is 0 Å². The Balaban J connectivity index is 2.03. The molecule has 1 unspecified atom stereocenters. The van der Waals surface area contributed by atoms with E-state index in [-0.39, 0.29) is 11.8 Å². The van der Waals surface area contributed by atoms with E-state index in [1.165, 1.54) is 11.8 Å². The summed E-state index contributed by atoms with van der Waals surface area (Å²) < 4.78 is 3.96. The van der Waals surface area contributed by atoms with Crippen molar-refractivity contribution in [3.05, 3.63) is 31.1 Å². The topological polar surface area (TPSA) is 72.9 Å². The van der Waals surface area contributed by atoms with Crippen LogP contribution in [0.3, 0.4) is 0 Å². The van der Waals surface area contributed by atoms with E-state index >= 15 is 0 Å². The first-order valence-corrected chi connectivity index (χ1v) is 6.48. The second kappa shape index (κ2) is 5.72. The molecule has 0 saturated carbocycles. The molecule has 0 aliphatic heterocycles. The third kappa shape index (κ3) is 3.13. The van der Waals surface area contributed by atoms with Crippen molar-refractivity contribution in [1.82, 2.24) is 19.1 Å². The summed E-state index contributed by atoms with van der Waals surface area (Å²) in [6.45, 7) is 2.84. The molecule has 2 aromatic rings. The Morgan fingerprint density at radius 2 is 2.33 bits per heavy atom. The summed E-state index contributed by atoms with van der Waals surface area (Å²) >= 11 is 1.23. The van der Waals surface area contributed by atoms with Gasteiger partial charge in [-0.1, -0.05) is 11.8 Å². The summed E-state index contributed by atoms with van der Waals surface area (Å²) in [6, 6.07) is 0.193. The van der Waals surface area contributed by atoms with E-state index in [4.69, 9.17) is 5.11 Å². The van der Waals surface area contributed by atoms with Gasteiger partial charge >= 0.3 is 5.97 Å². The minimum atomic E-state index is -0.836. The lowest BCUT2D eigenvalue weighted by Crippen LogP contribution is -2.13. The second-order valence-electron chi connectivity index (χ2n) is 3.91. The highest BCUT2D eigenvalue weighted by Gasteiger charge is 2.12. The summed E-state index contributed by atoms with van der Waals surface area (Å²) in [7, 11) is 0. The molecule has 0 bridgehead atoms. The summed E-state index contributed by atoms with van der Waals surface area (Å²) in [5.41, 5.74) is 0. The maximum absolute atomic E-state index is 10.6. The van der Waals surface area contributed by atoms with Gasteiger partial charge < -0.3 is 14.2 Å². The van der Waals surface area contributed by atoms with E-state index < -0.39 is 5.97 Å². The van der Waals surface area contributed by atoms with E-state index in [9.17, 15) is 4.79 Å². The monoisotopic (exact) mass is 266 g/mol. The van der Waals surface area contributed by atoms with Crippen LogP contribution in [-0.2, 0) is 11.3 Å². The van der Waals surface area contributed by atoms with Gasteiger partial charge in [0.15, 0.2) is 5.16 Å². The number of hydrogen-bond donors (Lipinski definition) is 1. The first-order valence-electron chi connectivity index (χ1n) is 5.50. The van der Waals surface area contributed by atoms with Gasteiger partial charge in [0, 0.05) is 31.3 Å². The van der Waals surface area contributed by atoms with Crippen molar-refractivity contribution in [3.8, 4) is 0 Å². The number of aliphatic carboxylic acids is 1. The van der Waals surface area contributed by atoms with Crippen molar-refractivity contribution in [1.29, 1.82) is 0 Å². The van der Waals surface area contributed by atoms with Crippen LogP contribution in [0.15, 0.2) is 36.3 Å². The van der Waals surface area contributed by atoms with E-state index in [0.717, 1.165) is 11.7 Å². The van der Waals surface area contributed by atoms with Crippen LogP contribution in [0.1, 0.15) is 13.0 Å². The van der Waals surface area contributed by atoms with Gasteiger partial charge in [-0.15, -0.1) is 0 Å². The highest BCUT2D eigenvalue weighted by Crippen LogP contribution is 2.20. The molecule has 6 nitrogen and oxygen atoms in total. The van der Waals surface area contributed by atoms with Gasteiger partial charge in [-0.3, -0.25) is 4.79 Å². The van der Waals surface area contributed by atoms with Gasteiger partial charge in [0.1, 0.15) is 0 Å². The van der Waals surface area contributed by atoms with Crippen molar-refractivity contribution >= 4 is 17.7 Å². The Kier molecular flexibility index (Phi) is 4.03. The molecule has 2 heterocycles. The first-order chi connectivity index (χ1) is 8.66. The van der Waals surface area contributed by atoms with Crippen LogP contribution in [0.5, 0.6) is 0 Å². The highest BCUT2D eigenvalue weighted by molar-refractivity contribution is 7.99. The minimum absolute atomic E-state index is 0.0226. The molecule has 0 aromatic carbocycles. The Hall–Kier alpha value is -1.76. The summed E-state index contributed by atoms with van der Waals surface area (Å²) in [5, 5.41) is 9.41. The molecular formula is C11H14N4O2S. The number of carboxylic acids is 1. The molecule has 0 amide bonds. The van der Waals surface area contributed by atoms with Crippen molar-refractivity contribution in [2.75, 3.05) is 5.75 Å². The molecule has 0 aliphatic carbocycles. The molecule has 1 N–H and O–H groups in total. The predicted octanol–water partition coefficient (Wildman–Crippen LogP) is 1.52. The molecular weight excluding hydrogens is 252 g/mol. The van der Waals surface area contributed by atoms with Gasteiger partial charge in [-0.05, 0) is 6.92 Å². The number of imidazole rings is 2. The van der Waals surface area contributed by atoms with Gasteiger partial charge in [-0.25, -0.2) is 9.97 Å². The van der Waals surface area contributed by atoms with Crippen LogP contribution in [0.25, 0.3) is 0 Å². The lowest BCUT2D eigenvalue weighted by molar-refractivity contribution is -0.133. The summed E-state index contributed by atoms with van der Waals surface area (Å²) in [4.78, 5) is 18.7. The van der Waals surface area contributed by atoms with Crippen molar-refractivity contribution < 1.29 is 9.90 Å². The molecule has 18 heavy (non-hydrogen) atoms. The zero-order valence-electron chi connectivity index (χ0n) is 9.93. The molecule has 0 radical (unpaired) electrons. The fourth-order valence-electron chi connectivity index (χ4n) is 1.66. The minimum Gasteiger partial charge on any atom is -0.481 e. The van der Waals surface area contributed by atoms with Crippen LogP contribution in [0.2, 0.25) is 0 Å². The lowest BCUT2D eigenvalue weighted by Gasteiger charge is -2.16. The SMILES string of the molecule is CC(Cn1ccnc1)n1ccnc1SCC(=O)O. The quantitative estimate of drug-likeness (QED) is 0.802. The van der Waals surface area contributed by atoms with E-state index in [1.807, 2.05) is 21.5 Å². The number of rotatable bonds is 6. The van der Waals surface area contributed by atoms with E-state index in [2.05, 4.69) is 16.9 Å². The van der Waals surface area contributed by atoms with Gasteiger partial charge in [0.25, 0.3) is 0 Å². The molecule has 96 valence electrons. The van der Waals surface area contributed by atoms with Gasteiger partial charge in [-0.2, -0.15) is 0 Å². The second-order valence-corrected chi connectivity index (χ2v) is 4.85. The molecule has 0 fully saturated rings. The third-order valence-electron chi connectivity index (χ3n) is 2.47. The summed E-state index contributed by atoms with van der Waals surface area (Å²) in [5.74, 6) is -0.814. The molecule has 0 saturated heterocycles. The normalized spacial score (nSPS) is 12.5. The number of nitrogens with zero attached hydrogens (tertiary/aromatic N) is 4. The average molecular weight is 266 g/mol. The van der Waals surface area contributed by atoms with Gasteiger partial charge in [0.2, 0.25) is 0 Å². The zero-order valence-corrected chi connectivity index (χ0v) is 10.7. The zero-order chi connectivity index (χ0) is 13.0. The van der Waals surface area contributed by atoms with Crippen molar-refractivity contribution in [2.45, 2.75) is 24.7 Å². The molecule has 0 aliphatic rings. The molecule has 0 spiro atoms. The average Bonchev–Trinajstić information content (AvgIpc) is 2.96. The smallest absolute Gasteiger partial charge is 0.313 e. The fraction of sp³-hybridized carbons (Fsp3) is 0.364. The number of aromatic nitrogens is 4. The van der Waals surface area contributed by atoms with Crippen LogP contribution in [-0.4, -0.2) is 35.9 Å². The van der Waals surface area contributed by atoms with E-state index in [0.29, 0.717) is 0 Å². The lowest BCUT2D eigenvalue weighted by atomic mass is 10.3. The number of carbonyl (C=O) groups is 1. The van der Waals surface area contributed by atoms with Crippen LogP contribution < -0.4 is 0 Å². The predicted molar refractivity (Wildman–Crippen MR) is 67.5 cm³/mol. The Morgan fingerprint density at radius 1 is 1.50 bits per heavy atom. The Labute approximate surface area is 109 Å². The first kappa shape index (κ1) is 12.7.